The van der Waals surface area contributed by atoms with Crippen molar-refractivity contribution >= 4 is 5.82 Å². The summed E-state index contributed by atoms with van der Waals surface area (Å²) in [5.41, 5.74) is -0.330. The van der Waals surface area contributed by atoms with Crippen LogP contribution in [0, 0.1) is 0 Å². The van der Waals surface area contributed by atoms with Crippen molar-refractivity contribution in [3.8, 4) is 5.88 Å². The zero-order valence-electron chi connectivity index (χ0n) is 11.6. The number of aliphatic hydroxyl groups excluding tert-OH is 1. The van der Waals surface area contributed by atoms with Gasteiger partial charge in [0.25, 0.3) is 0 Å². The van der Waals surface area contributed by atoms with Crippen LogP contribution in [0.3, 0.4) is 0 Å². The number of rotatable bonds is 7. The molecule has 0 amide bonds. The van der Waals surface area contributed by atoms with E-state index in [-0.39, 0.29) is 18.2 Å². The Balaban J connectivity index is 2.83. The quantitative estimate of drug-likeness (QED) is 0.780. The van der Waals surface area contributed by atoms with Crippen LogP contribution in [-0.4, -0.2) is 33.3 Å². The van der Waals surface area contributed by atoms with E-state index in [1.165, 1.54) is 6.33 Å². The van der Waals surface area contributed by atoms with Crippen LogP contribution < -0.4 is 10.1 Å². The second-order valence-corrected chi connectivity index (χ2v) is 4.68. The molecule has 2 N–H and O–H groups in total. The fraction of sp³-hybridized carbons (Fsp3) is 0.692. The summed E-state index contributed by atoms with van der Waals surface area (Å²) in [5, 5.41) is 12.8. The predicted molar refractivity (Wildman–Crippen MR) is 71.8 cm³/mol. The highest BCUT2D eigenvalue weighted by molar-refractivity contribution is 5.40. The van der Waals surface area contributed by atoms with E-state index in [4.69, 9.17) is 4.74 Å². The lowest BCUT2D eigenvalue weighted by Crippen LogP contribution is -2.41. The zero-order chi connectivity index (χ0) is 13.6. The zero-order valence-corrected chi connectivity index (χ0v) is 11.6. The molecule has 0 unspecified atom stereocenters. The van der Waals surface area contributed by atoms with Gasteiger partial charge in [-0.25, -0.2) is 9.97 Å². The van der Waals surface area contributed by atoms with Crippen LogP contribution in [0.1, 0.15) is 40.5 Å². The highest BCUT2D eigenvalue weighted by Crippen LogP contribution is 2.22. The third-order valence-corrected chi connectivity index (χ3v) is 3.05. The van der Waals surface area contributed by atoms with Crippen molar-refractivity contribution in [1.82, 2.24) is 9.97 Å². The van der Waals surface area contributed by atoms with Gasteiger partial charge in [0.2, 0.25) is 5.88 Å². The van der Waals surface area contributed by atoms with Crippen molar-refractivity contribution in [3.63, 3.8) is 0 Å². The molecule has 5 nitrogen and oxygen atoms in total. The minimum Gasteiger partial charge on any atom is -0.475 e. The van der Waals surface area contributed by atoms with Crippen molar-refractivity contribution in [3.05, 3.63) is 12.4 Å². The third-order valence-electron chi connectivity index (χ3n) is 3.05. The van der Waals surface area contributed by atoms with Gasteiger partial charge in [-0.1, -0.05) is 13.8 Å². The first-order valence-corrected chi connectivity index (χ1v) is 6.43. The van der Waals surface area contributed by atoms with Gasteiger partial charge in [-0.2, -0.15) is 0 Å². The van der Waals surface area contributed by atoms with Gasteiger partial charge in [-0.05, 0) is 26.7 Å². The van der Waals surface area contributed by atoms with E-state index in [2.05, 4.69) is 15.3 Å². The summed E-state index contributed by atoms with van der Waals surface area (Å²) in [6, 6.07) is 1.76. The Kier molecular flexibility index (Phi) is 5.34. The molecule has 0 spiro atoms. The first-order valence-electron chi connectivity index (χ1n) is 6.43. The monoisotopic (exact) mass is 253 g/mol. The van der Waals surface area contributed by atoms with Crippen molar-refractivity contribution < 1.29 is 9.84 Å². The van der Waals surface area contributed by atoms with Crippen LogP contribution in [0.15, 0.2) is 12.4 Å². The summed E-state index contributed by atoms with van der Waals surface area (Å²) < 4.78 is 5.52. The lowest BCUT2D eigenvalue weighted by atomic mass is 9.94. The molecule has 0 aliphatic carbocycles. The first kappa shape index (κ1) is 14.7. The third kappa shape index (κ3) is 3.84. The maximum atomic E-state index is 9.52. The molecule has 1 aromatic rings. The lowest BCUT2D eigenvalue weighted by Gasteiger charge is -2.31. The average Bonchev–Trinajstić information content (AvgIpc) is 2.36. The number of hydrogen-bond acceptors (Lipinski definition) is 5. The fourth-order valence-corrected chi connectivity index (χ4v) is 1.68. The Hall–Kier alpha value is -1.36. The molecule has 0 aromatic carbocycles. The van der Waals surface area contributed by atoms with E-state index in [0.717, 1.165) is 12.8 Å². The molecular weight excluding hydrogens is 230 g/mol. The van der Waals surface area contributed by atoms with Crippen LogP contribution in [0.4, 0.5) is 5.82 Å². The molecule has 1 aromatic heterocycles. The average molecular weight is 253 g/mol. The standard InChI is InChI=1S/C13H23N3O2/c1-5-13(6-2,8-17)16-11-7-12(15-9-14-11)18-10(3)4/h7,9-10,17H,5-6,8H2,1-4H3,(H,14,15,16). The predicted octanol–water partition coefficient (Wildman–Crippen LogP) is 2.23. The topological polar surface area (TPSA) is 67.3 Å². The highest BCUT2D eigenvalue weighted by atomic mass is 16.5. The number of nitrogens with one attached hydrogen (secondary N) is 1. The summed E-state index contributed by atoms with van der Waals surface area (Å²) in [5.74, 6) is 1.22. The van der Waals surface area contributed by atoms with Crippen molar-refractivity contribution in [2.24, 2.45) is 0 Å². The maximum absolute atomic E-state index is 9.52. The Morgan fingerprint density at radius 3 is 2.50 bits per heavy atom. The Labute approximate surface area is 109 Å². The molecule has 0 aliphatic heterocycles. The number of aromatic nitrogens is 2. The van der Waals surface area contributed by atoms with Crippen LogP contribution in [0.25, 0.3) is 0 Å². The number of nitrogens with zero attached hydrogens (tertiary/aromatic N) is 2. The van der Waals surface area contributed by atoms with Gasteiger partial charge in [-0.3, -0.25) is 0 Å². The van der Waals surface area contributed by atoms with Gasteiger partial charge in [0.1, 0.15) is 12.1 Å². The largest absolute Gasteiger partial charge is 0.475 e. The van der Waals surface area contributed by atoms with E-state index in [9.17, 15) is 5.11 Å². The summed E-state index contributed by atoms with van der Waals surface area (Å²) in [6.45, 7) is 8.06. The Bertz CT molecular complexity index is 357. The van der Waals surface area contributed by atoms with Crippen LogP contribution >= 0.6 is 0 Å². The molecule has 0 radical (unpaired) electrons. The molecule has 1 rings (SSSR count). The SMILES string of the molecule is CCC(CC)(CO)Nc1cc(OC(C)C)ncn1. The molecule has 18 heavy (non-hydrogen) atoms. The number of anilines is 1. The summed E-state index contributed by atoms with van der Waals surface area (Å²) in [7, 11) is 0. The second kappa shape index (κ2) is 6.54. The van der Waals surface area contributed by atoms with E-state index in [1.54, 1.807) is 6.07 Å². The van der Waals surface area contributed by atoms with Gasteiger partial charge in [0, 0.05) is 6.07 Å². The minimum atomic E-state index is -0.330. The smallest absolute Gasteiger partial charge is 0.218 e. The molecule has 1 heterocycles. The number of hydrogen-bond donors (Lipinski definition) is 2. The lowest BCUT2D eigenvalue weighted by molar-refractivity contribution is 0.201. The van der Waals surface area contributed by atoms with Crippen LogP contribution in [0.5, 0.6) is 5.88 Å². The minimum absolute atomic E-state index is 0.0738. The van der Waals surface area contributed by atoms with E-state index < -0.39 is 0 Å². The van der Waals surface area contributed by atoms with Gasteiger partial charge >= 0.3 is 0 Å². The molecule has 102 valence electrons. The molecule has 5 heteroatoms. The fourth-order valence-electron chi connectivity index (χ4n) is 1.68. The molecule has 0 bridgehead atoms. The second-order valence-electron chi connectivity index (χ2n) is 4.68. The van der Waals surface area contributed by atoms with Gasteiger partial charge in [-0.15, -0.1) is 0 Å². The van der Waals surface area contributed by atoms with Gasteiger partial charge < -0.3 is 15.2 Å². The normalized spacial score (nSPS) is 11.7. The van der Waals surface area contributed by atoms with Gasteiger partial charge in [0.05, 0.1) is 18.2 Å². The van der Waals surface area contributed by atoms with Crippen molar-refractivity contribution in [2.75, 3.05) is 11.9 Å². The summed E-state index contributed by atoms with van der Waals surface area (Å²) in [6.07, 6.45) is 3.19. The summed E-state index contributed by atoms with van der Waals surface area (Å²) >= 11 is 0. The molecule has 0 saturated heterocycles. The molecule has 0 aliphatic rings. The molecule has 0 atom stereocenters. The van der Waals surface area contributed by atoms with E-state index in [1.807, 2.05) is 27.7 Å². The number of ether oxygens (including phenoxy) is 1. The van der Waals surface area contributed by atoms with Crippen LogP contribution in [-0.2, 0) is 0 Å². The Morgan fingerprint density at radius 2 is 2.00 bits per heavy atom. The van der Waals surface area contributed by atoms with E-state index in [0.29, 0.717) is 11.7 Å². The summed E-state index contributed by atoms with van der Waals surface area (Å²) in [4.78, 5) is 8.21. The van der Waals surface area contributed by atoms with E-state index >= 15 is 0 Å². The maximum Gasteiger partial charge on any atom is 0.218 e. The molecule has 0 fully saturated rings. The highest BCUT2D eigenvalue weighted by Gasteiger charge is 2.25. The van der Waals surface area contributed by atoms with Crippen LogP contribution in [0.2, 0.25) is 0 Å². The number of aliphatic hydroxyl groups is 1. The molecule has 0 saturated carbocycles. The Morgan fingerprint density at radius 1 is 1.33 bits per heavy atom. The van der Waals surface area contributed by atoms with Gasteiger partial charge in [0.15, 0.2) is 0 Å². The van der Waals surface area contributed by atoms with Crippen molar-refractivity contribution in [1.29, 1.82) is 0 Å². The van der Waals surface area contributed by atoms with Crippen molar-refractivity contribution in [2.45, 2.75) is 52.2 Å². The first-order chi connectivity index (χ1) is 8.55. The molecular formula is C13H23N3O2.